The second kappa shape index (κ2) is 7.99. The molecule has 0 aliphatic carbocycles. The first kappa shape index (κ1) is 19.2. The van der Waals surface area contributed by atoms with Crippen molar-refractivity contribution in [2.24, 2.45) is 0 Å². The first-order valence-corrected chi connectivity index (χ1v) is 9.74. The molecular formula is C24H28O3. The van der Waals surface area contributed by atoms with Crippen molar-refractivity contribution >= 4 is 11.0 Å². The van der Waals surface area contributed by atoms with Crippen LogP contribution in [0.3, 0.4) is 0 Å². The van der Waals surface area contributed by atoms with Gasteiger partial charge in [0.15, 0.2) is 0 Å². The lowest BCUT2D eigenvalue weighted by molar-refractivity contribution is 0.477. The van der Waals surface area contributed by atoms with Gasteiger partial charge in [-0.1, -0.05) is 37.5 Å². The first-order chi connectivity index (χ1) is 12.9. The van der Waals surface area contributed by atoms with Gasteiger partial charge in [-0.05, 0) is 74.1 Å². The summed E-state index contributed by atoms with van der Waals surface area (Å²) in [5.41, 5.74) is 6.42. The maximum atomic E-state index is 12.6. The van der Waals surface area contributed by atoms with Gasteiger partial charge in [0.1, 0.15) is 11.3 Å². The summed E-state index contributed by atoms with van der Waals surface area (Å²) in [4.78, 5) is 12.6. The van der Waals surface area contributed by atoms with E-state index in [1.165, 1.54) is 16.7 Å². The summed E-state index contributed by atoms with van der Waals surface area (Å²) in [6, 6.07) is 9.73. The van der Waals surface area contributed by atoms with Crippen molar-refractivity contribution in [3.05, 3.63) is 74.1 Å². The van der Waals surface area contributed by atoms with Crippen LogP contribution >= 0.6 is 0 Å². The van der Waals surface area contributed by atoms with Gasteiger partial charge < -0.3 is 9.52 Å². The van der Waals surface area contributed by atoms with Crippen molar-refractivity contribution in [1.29, 1.82) is 0 Å². The molecule has 142 valence electrons. The van der Waals surface area contributed by atoms with E-state index in [9.17, 15) is 9.90 Å². The molecule has 0 spiro atoms. The normalized spacial score (nSPS) is 11.3. The molecule has 1 aromatic heterocycles. The van der Waals surface area contributed by atoms with Crippen molar-refractivity contribution < 1.29 is 9.52 Å². The lowest BCUT2D eigenvalue weighted by Crippen LogP contribution is -2.09. The van der Waals surface area contributed by atoms with Crippen LogP contribution in [-0.2, 0) is 12.8 Å². The summed E-state index contributed by atoms with van der Waals surface area (Å²) >= 11 is 0. The fourth-order valence-corrected chi connectivity index (χ4v) is 3.82. The molecule has 0 radical (unpaired) electrons. The lowest BCUT2D eigenvalue weighted by atomic mass is 9.94. The number of unbranched alkanes of at least 4 members (excludes halogenated alkanes) is 2. The van der Waals surface area contributed by atoms with E-state index in [4.69, 9.17) is 4.42 Å². The van der Waals surface area contributed by atoms with Crippen molar-refractivity contribution in [3.8, 4) is 5.75 Å². The van der Waals surface area contributed by atoms with Crippen LogP contribution < -0.4 is 5.63 Å². The quantitative estimate of drug-likeness (QED) is 0.448. The van der Waals surface area contributed by atoms with Gasteiger partial charge in [-0.3, -0.25) is 0 Å². The lowest BCUT2D eigenvalue weighted by Gasteiger charge is -2.12. The summed E-state index contributed by atoms with van der Waals surface area (Å²) in [7, 11) is 0. The van der Waals surface area contributed by atoms with Gasteiger partial charge in [0, 0.05) is 12.0 Å². The number of phenolic OH excluding ortho intramolecular Hbond substituents is 1. The molecule has 0 bridgehead atoms. The minimum Gasteiger partial charge on any atom is -0.507 e. The van der Waals surface area contributed by atoms with E-state index in [-0.39, 0.29) is 11.4 Å². The highest BCUT2D eigenvalue weighted by atomic mass is 16.4. The Labute approximate surface area is 160 Å². The number of aromatic hydroxyl groups is 1. The Morgan fingerprint density at radius 3 is 2.33 bits per heavy atom. The third-order valence-corrected chi connectivity index (χ3v) is 5.24. The van der Waals surface area contributed by atoms with Crippen LogP contribution in [0.25, 0.3) is 11.0 Å². The van der Waals surface area contributed by atoms with Crippen molar-refractivity contribution in [3.63, 3.8) is 0 Å². The number of rotatable bonds is 6. The van der Waals surface area contributed by atoms with Crippen molar-refractivity contribution in [2.75, 3.05) is 0 Å². The zero-order valence-corrected chi connectivity index (χ0v) is 16.7. The van der Waals surface area contributed by atoms with Crippen LogP contribution in [-0.4, -0.2) is 5.11 Å². The van der Waals surface area contributed by atoms with Gasteiger partial charge >= 0.3 is 5.63 Å². The number of phenols is 1. The Morgan fingerprint density at radius 2 is 1.67 bits per heavy atom. The van der Waals surface area contributed by atoms with E-state index in [2.05, 4.69) is 39.8 Å². The second-order valence-corrected chi connectivity index (χ2v) is 7.60. The molecule has 0 saturated carbocycles. The second-order valence-electron chi connectivity index (χ2n) is 7.60. The molecule has 0 aliphatic rings. The molecule has 1 heterocycles. The Kier molecular flexibility index (Phi) is 5.69. The average molecular weight is 364 g/mol. The molecule has 3 rings (SSSR count). The third-order valence-electron chi connectivity index (χ3n) is 5.24. The van der Waals surface area contributed by atoms with Gasteiger partial charge in [-0.2, -0.15) is 0 Å². The third kappa shape index (κ3) is 4.24. The van der Waals surface area contributed by atoms with Crippen LogP contribution in [0.2, 0.25) is 0 Å². The van der Waals surface area contributed by atoms with E-state index >= 15 is 0 Å². The van der Waals surface area contributed by atoms with E-state index in [0.717, 1.165) is 36.8 Å². The molecule has 0 aliphatic heterocycles. The summed E-state index contributed by atoms with van der Waals surface area (Å²) in [5.74, 6) is 0.182. The Hall–Kier alpha value is -2.55. The predicted octanol–water partition coefficient (Wildman–Crippen LogP) is 5.75. The molecule has 27 heavy (non-hydrogen) atoms. The fraction of sp³-hybridized carbons (Fsp3) is 0.375. The van der Waals surface area contributed by atoms with Crippen molar-refractivity contribution in [2.45, 2.75) is 59.8 Å². The summed E-state index contributed by atoms with van der Waals surface area (Å²) in [6.45, 7) is 8.37. The highest BCUT2D eigenvalue weighted by Crippen LogP contribution is 2.28. The van der Waals surface area contributed by atoms with Gasteiger partial charge in [-0.25, -0.2) is 4.79 Å². The monoisotopic (exact) mass is 364 g/mol. The summed E-state index contributed by atoms with van der Waals surface area (Å²) < 4.78 is 5.58. The predicted molar refractivity (Wildman–Crippen MR) is 111 cm³/mol. The van der Waals surface area contributed by atoms with E-state index in [1.54, 1.807) is 12.1 Å². The minimum absolute atomic E-state index is 0.182. The molecule has 0 atom stereocenters. The van der Waals surface area contributed by atoms with Gasteiger partial charge in [-0.15, -0.1) is 0 Å². The van der Waals surface area contributed by atoms with Crippen LogP contribution in [0.15, 0.2) is 39.5 Å². The first-order valence-electron chi connectivity index (χ1n) is 9.74. The molecule has 0 saturated heterocycles. The fourth-order valence-electron chi connectivity index (χ4n) is 3.82. The molecule has 0 fully saturated rings. The van der Waals surface area contributed by atoms with E-state index in [1.807, 2.05) is 6.07 Å². The average Bonchev–Trinajstić information content (AvgIpc) is 2.59. The molecule has 1 N–H and O–H groups in total. The number of aryl methyl sites for hydroxylation is 4. The number of fused-ring (bicyclic) bond motifs is 1. The molecule has 3 nitrogen and oxygen atoms in total. The highest BCUT2D eigenvalue weighted by molar-refractivity contribution is 5.84. The Morgan fingerprint density at radius 1 is 0.963 bits per heavy atom. The van der Waals surface area contributed by atoms with E-state index < -0.39 is 0 Å². The van der Waals surface area contributed by atoms with Crippen molar-refractivity contribution in [1.82, 2.24) is 0 Å². The SMILES string of the molecule is CCCCCc1cc(O)c2cc(Cc3c(C)cc(C)cc3C)c(=O)oc2c1. The zero-order valence-electron chi connectivity index (χ0n) is 16.7. The van der Waals surface area contributed by atoms with E-state index in [0.29, 0.717) is 23.0 Å². The summed E-state index contributed by atoms with van der Waals surface area (Å²) in [6.07, 6.45) is 4.75. The zero-order chi connectivity index (χ0) is 19.6. The molecule has 2 aromatic carbocycles. The maximum absolute atomic E-state index is 12.6. The number of hydrogen-bond donors (Lipinski definition) is 1. The molecular weight excluding hydrogens is 336 g/mol. The molecule has 0 amide bonds. The smallest absolute Gasteiger partial charge is 0.339 e. The standard InChI is InChI=1S/C24H28O3/c1-5-6-7-8-18-11-22(25)21-14-19(24(26)27-23(21)12-18)13-20-16(3)9-15(2)10-17(20)4/h9-12,14,25H,5-8,13H2,1-4H3. The van der Waals surface area contributed by atoms with Crippen LogP contribution in [0, 0.1) is 20.8 Å². The largest absolute Gasteiger partial charge is 0.507 e. The minimum atomic E-state index is -0.327. The van der Waals surface area contributed by atoms with Gasteiger partial charge in [0.05, 0.1) is 5.39 Å². The molecule has 3 heteroatoms. The Bertz CT molecular complexity index is 1000. The van der Waals surface area contributed by atoms with Crippen LogP contribution in [0.5, 0.6) is 5.75 Å². The summed E-state index contributed by atoms with van der Waals surface area (Å²) in [5, 5.41) is 11.1. The van der Waals surface area contributed by atoms with Gasteiger partial charge in [0.2, 0.25) is 0 Å². The molecule has 3 aromatic rings. The van der Waals surface area contributed by atoms with Crippen LogP contribution in [0.4, 0.5) is 0 Å². The topological polar surface area (TPSA) is 50.4 Å². The number of hydrogen-bond acceptors (Lipinski definition) is 3. The van der Waals surface area contributed by atoms with Crippen LogP contribution in [0.1, 0.15) is 59.6 Å². The van der Waals surface area contributed by atoms with Gasteiger partial charge in [0.25, 0.3) is 0 Å². The highest BCUT2D eigenvalue weighted by Gasteiger charge is 2.13. The number of benzene rings is 2. The molecule has 0 unspecified atom stereocenters. The Balaban J connectivity index is 1.99. The maximum Gasteiger partial charge on any atom is 0.339 e.